The number of aromatic amines is 1. The molecular formula is C20H28N4O4S. The van der Waals surface area contributed by atoms with Gasteiger partial charge in [-0.05, 0) is 11.5 Å². The molecule has 0 fully saturated rings. The van der Waals surface area contributed by atoms with E-state index in [1.165, 1.54) is 28.3 Å². The minimum absolute atomic E-state index is 0.00684. The average Bonchev–Trinajstić information content (AvgIpc) is 2.68. The van der Waals surface area contributed by atoms with Crippen LogP contribution in [-0.2, 0) is 21.8 Å². The first kappa shape index (κ1) is 22.8. The number of nitrogen functional groups attached to an aromatic ring is 1. The summed E-state index contributed by atoms with van der Waals surface area (Å²) in [5, 5.41) is 0. The molecule has 0 saturated carbocycles. The smallest absolute Gasteiger partial charge is 0.330 e. The third-order valence-corrected chi connectivity index (χ3v) is 5.18. The number of methoxy groups -OCH3 is 1. The van der Waals surface area contributed by atoms with Gasteiger partial charge in [-0.1, -0.05) is 44.2 Å². The van der Waals surface area contributed by atoms with Gasteiger partial charge in [-0.2, -0.15) is 0 Å². The van der Waals surface area contributed by atoms with E-state index in [-0.39, 0.29) is 42.2 Å². The van der Waals surface area contributed by atoms with Crippen molar-refractivity contribution in [3.8, 4) is 0 Å². The molecule has 0 unspecified atom stereocenters. The van der Waals surface area contributed by atoms with Gasteiger partial charge in [-0.3, -0.25) is 19.1 Å². The van der Waals surface area contributed by atoms with Crippen LogP contribution < -0.4 is 21.9 Å². The number of nitrogens with two attached hydrogens (primary N) is 1. The number of benzene rings is 1. The van der Waals surface area contributed by atoms with Crippen LogP contribution in [0.4, 0.5) is 11.5 Å². The lowest BCUT2D eigenvalue weighted by Crippen LogP contribution is -2.43. The fourth-order valence-corrected chi connectivity index (χ4v) is 3.70. The van der Waals surface area contributed by atoms with Crippen LogP contribution in [-0.4, -0.2) is 41.5 Å². The monoisotopic (exact) mass is 420 g/mol. The van der Waals surface area contributed by atoms with Crippen LogP contribution in [0, 0.1) is 5.92 Å². The molecule has 158 valence electrons. The Morgan fingerprint density at radius 1 is 1.28 bits per heavy atom. The highest BCUT2D eigenvalue weighted by Crippen LogP contribution is 2.20. The minimum atomic E-state index is -0.676. The van der Waals surface area contributed by atoms with E-state index in [0.29, 0.717) is 12.3 Å². The number of hydrogen-bond donors (Lipinski definition) is 2. The molecule has 1 heterocycles. The molecule has 1 aromatic carbocycles. The Hall–Kier alpha value is -2.52. The van der Waals surface area contributed by atoms with Gasteiger partial charge in [-0.25, -0.2) is 4.79 Å². The summed E-state index contributed by atoms with van der Waals surface area (Å²) in [6.45, 7) is 4.60. The molecule has 3 N–H and O–H groups in total. The van der Waals surface area contributed by atoms with Crippen LogP contribution in [0.15, 0.2) is 39.9 Å². The maximum absolute atomic E-state index is 12.9. The molecule has 0 aliphatic carbocycles. The van der Waals surface area contributed by atoms with E-state index in [9.17, 15) is 14.4 Å². The Kier molecular flexibility index (Phi) is 8.53. The van der Waals surface area contributed by atoms with Crippen molar-refractivity contribution in [2.75, 3.05) is 36.6 Å². The van der Waals surface area contributed by atoms with E-state index < -0.39 is 11.2 Å². The number of amides is 1. The number of nitrogens with zero attached hydrogens (tertiary/aromatic N) is 2. The summed E-state index contributed by atoms with van der Waals surface area (Å²) in [7, 11) is 1.51. The summed E-state index contributed by atoms with van der Waals surface area (Å²) in [5.41, 5.74) is 6.01. The first-order valence-corrected chi connectivity index (χ1v) is 10.5. The second kappa shape index (κ2) is 10.9. The van der Waals surface area contributed by atoms with E-state index in [1.54, 1.807) is 0 Å². The van der Waals surface area contributed by atoms with Crippen molar-refractivity contribution in [1.29, 1.82) is 0 Å². The van der Waals surface area contributed by atoms with Gasteiger partial charge in [-0.15, -0.1) is 11.8 Å². The summed E-state index contributed by atoms with van der Waals surface area (Å²) >= 11 is 1.45. The van der Waals surface area contributed by atoms with Crippen molar-refractivity contribution >= 4 is 29.2 Å². The zero-order valence-electron chi connectivity index (χ0n) is 17.0. The Morgan fingerprint density at radius 3 is 2.59 bits per heavy atom. The molecule has 2 rings (SSSR count). The summed E-state index contributed by atoms with van der Waals surface area (Å²) < 4.78 is 6.39. The van der Waals surface area contributed by atoms with Gasteiger partial charge < -0.3 is 15.4 Å². The summed E-state index contributed by atoms with van der Waals surface area (Å²) in [6, 6.07) is 9.81. The normalized spacial score (nSPS) is 11.0. The topological polar surface area (TPSA) is 110 Å². The fourth-order valence-electron chi connectivity index (χ4n) is 2.84. The Morgan fingerprint density at radius 2 is 1.97 bits per heavy atom. The maximum Gasteiger partial charge on any atom is 0.330 e. The molecule has 0 saturated heterocycles. The minimum Gasteiger partial charge on any atom is -0.383 e. The number of H-pyrrole nitrogens is 1. The third kappa shape index (κ3) is 6.23. The lowest BCUT2D eigenvalue weighted by atomic mass is 10.2. The lowest BCUT2D eigenvalue weighted by molar-refractivity contribution is -0.116. The average molecular weight is 421 g/mol. The van der Waals surface area contributed by atoms with Crippen molar-refractivity contribution < 1.29 is 9.53 Å². The molecule has 8 nitrogen and oxygen atoms in total. The van der Waals surface area contributed by atoms with Gasteiger partial charge in [0.2, 0.25) is 5.91 Å². The SMILES string of the molecule is COCCN(C(=O)CSCc1ccccc1)c1c(N)n(CC(C)C)c(=O)[nH]c1=O. The van der Waals surface area contributed by atoms with Crippen LogP contribution in [0.25, 0.3) is 0 Å². The largest absolute Gasteiger partial charge is 0.383 e. The molecule has 0 aliphatic heterocycles. The highest BCUT2D eigenvalue weighted by atomic mass is 32.2. The van der Waals surface area contributed by atoms with Crippen LogP contribution in [0.2, 0.25) is 0 Å². The number of anilines is 2. The predicted octanol–water partition coefficient (Wildman–Crippen LogP) is 1.69. The molecule has 0 aliphatic rings. The zero-order valence-corrected chi connectivity index (χ0v) is 17.8. The summed E-state index contributed by atoms with van der Waals surface area (Å²) in [4.78, 5) is 41.2. The first-order valence-electron chi connectivity index (χ1n) is 9.38. The molecule has 1 aromatic heterocycles. The van der Waals surface area contributed by atoms with Gasteiger partial charge in [0, 0.05) is 26.0 Å². The van der Waals surface area contributed by atoms with Gasteiger partial charge in [0.25, 0.3) is 5.56 Å². The van der Waals surface area contributed by atoms with Crippen molar-refractivity contribution in [2.45, 2.75) is 26.1 Å². The highest BCUT2D eigenvalue weighted by Gasteiger charge is 2.24. The fraction of sp³-hybridized carbons (Fsp3) is 0.450. The standard InChI is InChI=1S/C20H28N4O4S/c1-14(2)11-24-18(21)17(19(26)22-20(24)27)23(9-10-28-3)16(25)13-29-12-15-7-5-4-6-8-15/h4-8,14H,9-13,21H2,1-3H3,(H,22,26,27). The van der Waals surface area contributed by atoms with E-state index in [4.69, 9.17) is 10.5 Å². The number of carbonyl (C=O) groups excluding carboxylic acids is 1. The number of ether oxygens (including phenoxy) is 1. The molecule has 0 spiro atoms. The number of nitrogens with one attached hydrogen (secondary N) is 1. The molecule has 0 bridgehead atoms. The van der Waals surface area contributed by atoms with Gasteiger partial charge in [0.1, 0.15) is 5.82 Å². The van der Waals surface area contributed by atoms with Gasteiger partial charge >= 0.3 is 5.69 Å². The molecule has 1 amide bonds. The van der Waals surface area contributed by atoms with E-state index in [0.717, 1.165) is 5.56 Å². The van der Waals surface area contributed by atoms with E-state index >= 15 is 0 Å². The first-order chi connectivity index (χ1) is 13.8. The number of thioether (sulfide) groups is 1. The Balaban J connectivity index is 2.27. The van der Waals surface area contributed by atoms with Gasteiger partial charge in [0.15, 0.2) is 5.69 Å². The van der Waals surface area contributed by atoms with Crippen LogP contribution >= 0.6 is 11.8 Å². The molecule has 29 heavy (non-hydrogen) atoms. The number of rotatable bonds is 10. The predicted molar refractivity (Wildman–Crippen MR) is 117 cm³/mol. The Labute approximate surface area is 174 Å². The molecule has 0 atom stereocenters. The van der Waals surface area contributed by atoms with E-state index in [1.807, 2.05) is 44.2 Å². The number of carbonyl (C=O) groups is 1. The highest BCUT2D eigenvalue weighted by molar-refractivity contribution is 7.99. The van der Waals surface area contributed by atoms with Crippen LogP contribution in [0.1, 0.15) is 19.4 Å². The van der Waals surface area contributed by atoms with E-state index in [2.05, 4.69) is 4.98 Å². The number of aromatic nitrogens is 2. The second-order valence-corrected chi connectivity index (χ2v) is 8.00. The maximum atomic E-state index is 12.9. The second-order valence-electron chi connectivity index (χ2n) is 7.01. The van der Waals surface area contributed by atoms with Crippen molar-refractivity contribution in [1.82, 2.24) is 9.55 Å². The zero-order chi connectivity index (χ0) is 21.4. The Bertz CT molecular complexity index is 924. The number of hydrogen-bond acceptors (Lipinski definition) is 6. The quantitative estimate of drug-likeness (QED) is 0.605. The molecular weight excluding hydrogens is 392 g/mol. The molecule has 2 aromatic rings. The summed E-state index contributed by atoms with van der Waals surface area (Å²) in [6.07, 6.45) is 0. The van der Waals surface area contributed by atoms with Crippen LogP contribution in [0.3, 0.4) is 0 Å². The third-order valence-electron chi connectivity index (χ3n) is 4.19. The van der Waals surface area contributed by atoms with Crippen molar-refractivity contribution in [3.05, 3.63) is 56.7 Å². The van der Waals surface area contributed by atoms with Crippen LogP contribution in [0.5, 0.6) is 0 Å². The van der Waals surface area contributed by atoms with Gasteiger partial charge in [0.05, 0.1) is 12.4 Å². The van der Waals surface area contributed by atoms with Crippen molar-refractivity contribution in [3.63, 3.8) is 0 Å². The summed E-state index contributed by atoms with van der Waals surface area (Å²) in [5.74, 6) is 0.697. The molecule has 0 radical (unpaired) electrons. The van der Waals surface area contributed by atoms with Crippen molar-refractivity contribution in [2.24, 2.45) is 5.92 Å². The molecule has 9 heteroatoms. The lowest BCUT2D eigenvalue weighted by Gasteiger charge is -2.24.